The van der Waals surface area contributed by atoms with Gasteiger partial charge in [-0.1, -0.05) is 41.4 Å². The van der Waals surface area contributed by atoms with Crippen molar-refractivity contribution in [3.05, 3.63) is 58.1 Å². The molecule has 0 spiro atoms. The topological polar surface area (TPSA) is 58.6 Å². The van der Waals surface area contributed by atoms with Gasteiger partial charge in [-0.05, 0) is 24.3 Å². The molecule has 6 heteroatoms. The van der Waals surface area contributed by atoms with E-state index in [4.69, 9.17) is 27.9 Å². The van der Waals surface area contributed by atoms with Gasteiger partial charge in [-0.2, -0.15) is 0 Å². The van der Waals surface area contributed by atoms with Crippen LogP contribution in [0.4, 0.5) is 5.69 Å². The van der Waals surface area contributed by atoms with E-state index in [1.165, 1.54) is 12.1 Å². The van der Waals surface area contributed by atoms with Gasteiger partial charge in [0.15, 0.2) is 6.61 Å². The van der Waals surface area contributed by atoms with Crippen LogP contribution in [0.1, 0.15) is 5.56 Å². The van der Waals surface area contributed by atoms with Crippen molar-refractivity contribution >= 4 is 34.8 Å². The van der Waals surface area contributed by atoms with E-state index in [-0.39, 0.29) is 29.9 Å². The Morgan fingerprint density at radius 2 is 1.90 bits per heavy atom. The van der Waals surface area contributed by atoms with Crippen LogP contribution in [0.2, 0.25) is 10.0 Å². The quantitative estimate of drug-likeness (QED) is 0.884. The van der Waals surface area contributed by atoms with Crippen LogP contribution in [0.5, 0.6) is 5.75 Å². The lowest BCUT2D eigenvalue weighted by Crippen LogP contribution is -2.20. The zero-order chi connectivity index (χ0) is 15.2. The minimum atomic E-state index is -0.323. The first-order chi connectivity index (χ1) is 10.1. The van der Waals surface area contributed by atoms with Gasteiger partial charge in [-0.15, -0.1) is 0 Å². The molecule has 0 atom stereocenters. The molecule has 0 heterocycles. The summed E-state index contributed by atoms with van der Waals surface area (Å²) >= 11 is 11.8. The molecular formula is C15H13Cl2NO3. The van der Waals surface area contributed by atoms with Crippen LogP contribution in [-0.2, 0) is 11.4 Å². The summed E-state index contributed by atoms with van der Waals surface area (Å²) in [5.41, 5.74) is 1.11. The smallest absolute Gasteiger partial charge is 0.262 e. The van der Waals surface area contributed by atoms with Gasteiger partial charge >= 0.3 is 0 Å². The number of anilines is 1. The third kappa shape index (κ3) is 4.36. The fourth-order valence-electron chi connectivity index (χ4n) is 1.75. The van der Waals surface area contributed by atoms with Gasteiger partial charge in [0.1, 0.15) is 5.75 Å². The molecule has 0 aromatic heterocycles. The zero-order valence-electron chi connectivity index (χ0n) is 11.0. The number of aliphatic hydroxyl groups excluding tert-OH is 1. The predicted molar refractivity (Wildman–Crippen MR) is 83.0 cm³/mol. The molecular weight excluding hydrogens is 313 g/mol. The van der Waals surface area contributed by atoms with Gasteiger partial charge in [0, 0.05) is 16.3 Å². The minimum Gasteiger partial charge on any atom is -0.482 e. The highest BCUT2D eigenvalue weighted by Gasteiger charge is 2.12. The average Bonchev–Trinajstić information content (AvgIpc) is 2.46. The van der Waals surface area contributed by atoms with Gasteiger partial charge in [0.25, 0.3) is 5.91 Å². The van der Waals surface area contributed by atoms with Crippen molar-refractivity contribution in [3.63, 3.8) is 0 Å². The fraction of sp³-hybridized carbons (Fsp3) is 0.133. The van der Waals surface area contributed by atoms with Crippen LogP contribution < -0.4 is 10.1 Å². The first-order valence-corrected chi connectivity index (χ1v) is 6.92. The van der Waals surface area contributed by atoms with Gasteiger partial charge < -0.3 is 15.2 Å². The molecule has 2 aromatic carbocycles. The van der Waals surface area contributed by atoms with Crippen molar-refractivity contribution < 1.29 is 14.6 Å². The molecule has 1 amide bonds. The largest absolute Gasteiger partial charge is 0.482 e. The van der Waals surface area contributed by atoms with Crippen LogP contribution in [0.25, 0.3) is 0 Å². The highest BCUT2D eigenvalue weighted by Crippen LogP contribution is 2.32. The Morgan fingerprint density at radius 3 is 2.57 bits per heavy atom. The van der Waals surface area contributed by atoms with Crippen molar-refractivity contribution in [3.8, 4) is 5.75 Å². The number of para-hydroxylation sites is 1. The number of hydrogen-bond donors (Lipinski definition) is 2. The van der Waals surface area contributed by atoms with Crippen LogP contribution in [0, 0.1) is 0 Å². The number of halogens is 2. The minimum absolute atomic E-state index is 0.219. The summed E-state index contributed by atoms with van der Waals surface area (Å²) in [6, 6.07) is 12.1. The molecule has 0 aliphatic carbocycles. The molecule has 2 aromatic rings. The van der Waals surface area contributed by atoms with Crippen LogP contribution >= 0.6 is 23.2 Å². The molecule has 21 heavy (non-hydrogen) atoms. The number of nitrogens with one attached hydrogen (secondary N) is 1. The number of benzene rings is 2. The van der Waals surface area contributed by atoms with Crippen molar-refractivity contribution in [1.82, 2.24) is 0 Å². The molecule has 0 saturated heterocycles. The Hall–Kier alpha value is -1.75. The number of carbonyl (C=O) groups excluding carboxylic acids is 1. The summed E-state index contributed by atoms with van der Waals surface area (Å²) in [4.78, 5) is 11.8. The molecule has 0 bridgehead atoms. The Labute approximate surface area is 132 Å². The summed E-state index contributed by atoms with van der Waals surface area (Å²) in [6.07, 6.45) is 0. The maximum Gasteiger partial charge on any atom is 0.262 e. The van der Waals surface area contributed by atoms with E-state index < -0.39 is 0 Å². The fourth-order valence-corrected chi connectivity index (χ4v) is 2.34. The van der Waals surface area contributed by atoms with Gasteiger partial charge in [-0.25, -0.2) is 0 Å². The monoisotopic (exact) mass is 325 g/mol. The molecule has 4 nitrogen and oxygen atoms in total. The maximum absolute atomic E-state index is 11.8. The lowest BCUT2D eigenvalue weighted by atomic mass is 10.2. The average molecular weight is 326 g/mol. The van der Waals surface area contributed by atoms with E-state index in [2.05, 4.69) is 5.32 Å². The Kier molecular flexibility index (Phi) is 5.44. The summed E-state index contributed by atoms with van der Waals surface area (Å²) in [5.74, 6) is -0.0668. The summed E-state index contributed by atoms with van der Waals surface area (Å²) in [6.45, 7) is -0.501. The van der Waals surface area contributed by atoms with Crippen molar-refractivity contribution in [2.24, 2.45) is 0 Å². The lowest BCUT2D eigenvalue weighted by molar-refractivity contribution is -0.118. The molecule has 2 rings (SSSR count). The standard InChI is InChI=1S/C15H13Cl2NO3/c16-11-6-10(8-19)15(13(17)7-11)21-9-14(20)18-12-4-2-1-3-5-12/h1-7,19H,8-9H2,(H,18,20). The third-order valence-electron chi connectivity index (χ3n) is 2.66. The van der Waals surface area contributed by atoms with Gasteiger partial charge in [0.2, 0.25) is 0 Å². The number of rotatable bonds is 5. The number of hydrogen-bond acceptors (Lipinski definition) is 3. The van der Waals surface area contributed by atoms with E-state index in [1.807, 2.05) is 18.2 Å². The van der Waals surface area contributed by atoms with Crippen molar-refractivity contribution in [2.45, 2.75) is 6.61 Å². The van der Waals surface area contributed by atoms with E-state index in [9.17, 15) is 9.90 Å². The summed E-state index contributed by atoms with van der Waals surface area (Å²) in [7, 11) is 0. The number of carbonyl (C=O) groups is 1. The second-order valence-corrected chi connectivity index (χ2v) is 5.08. The van der Waals surface area contributed by atoms with Crippen molar-refractivity contribution in [1.29, 1.82) is 0 Å². The molecule has 0 fully saturated rings. The molecule has 0 radical (unpaired) electrons. The third-order valence-corrected chi connectivity index (χ3v) is 3.16. The van der Waals surface area contributed by atoms with E-state index in [0.29, 0.717) is 16.3 Å². The first kappa shape index (κ1) is 15.6. The number of aliphatic hydroxyl groups is 1. The van der Waals surface area contributed by atoms with Crippen molar-refractivity contribution in [2.75, 3.05) is 11.9 Å². The molecule has 0 saturated carbocycles. The molecule has 2 N–H and O–H groups in total. The lowest BCUT2D eigenvalue weighted by Gasteiger charge is -2.12. The summed E-state index contributed by atoms with van der Waals surface area (Å²) < 4.78 is 5.39. The second-order valence-electron chi connectivity index (χ2n) is 4.24. The van der Waals surface area contributed by atoms with E-state index >= 15 is 0 Å². The van der Waals surface area contributed by atoms with Gasteiger partial charge in [0.05, 0.1) is 11.6 Å². The van der Waals surface area contributed by atoms with E-state index in [1.54, 1.807) is 12.1 Å². The Balaban J connectivity index is 2.01. The SMILES string of the molecule is O=C(COc1c(Cl)cc(Cl)cc1CO)Nc1ccccc1. The summed E-state index contributed by atoms with van der Waals surface area (Å²) in [5, 5.41) is 12.6. The van der Waals surface area contributed by atoms with Crippen LogP contribution in [0.3, 0.4) is 0 Å². The molecule has 110 valence electrons. The highest BCUT2D eigenvalue weighted by atomic mass is 35.5. The normalized spacial score (nSPS) is 10.2. The second kappa shape index (κ2) is 7.31. The number of amides is 1. The predicted octanol–water partition coefficient (Wildman–Crippen LogP) is 3.50. The van der Waals surface area contributed by atoms with Crippen LogP contribution in [-0.4, -0.2) is 17.6 Å². The maximum atomic E-state index is 11.8. The molecule has 0 unspecified atom stereocenters. The molecule has 0 aliphatic rings. The Bertz CT molecular complexity index is 632. The van der Waals surface area contributed by atoms with E-state index in [0.717, 1.165) is 0 Å². The van der Waals surface area contributed by atoms with Gasteiger partial charge in [-0.3, -0.25) is 4.79 Å². The number of ether oxygens (including phenoxy) is 1. The first-order valence-electron chi connectivity index (χ1n) is 6.16. The highest BCUT2D eigenvalue weighted by molar-refractivity contribution is 6.35. The Morgan fingerprint density at radius 1 is 1.19 bits per heavy atom. The van der Waals surface area contributed by atoms with Crippen LogP contribution in [0.15, 0.2) is 42.5 Å². The zero-order valence-corrected chi connectivity index (χ0v) is 12.5. The molecule has 0 aliphatic heterocycles.